The number of Topliss-reactive ketones (excluding diaryl/α,β-unsaturated/α-hetero) is 1. The molecule has 0 saturated carbocycles. The third-order valence-corrected chi connectivity index (χ3v) is 2.69. The normalized spacial score (nSPS) is 10.5. The Kier molecular flexibility index (Phi) is 5.32. The van der Waals surface area contributed by atoms with Crippen LogP contribution in [0, 0.1) is 0 Å². The van der Waals surface area contributed by atoms with Gasteiger partial charge in [0.1, 0.15) is 11.5 Å². The predicted molar refractivity (Wildman–Crippen MR) is 70.3 cm³/mol. The summed E-state index contributed by atoms with van der Waals surface area (Å²) in [6, 6.07) is 3.84. The largest absolute Gasteiger partial charge is 0.508 e. The number of carbonyl (C=O) groups excluding carboxylic acids is 2. The van der Waals surface area contributed by atoms with Crippen LogP contribution in [0.1, 0.15) is 16.8 Å². The van der Waals surface area contributed by atoms with Gasteiger partial charge >= 0.3 is 0 Å². The van der Waals surface area contributed by atoms with Crippen LogP contribution in [0.15, 0.2) is 18.2 Å². The molecular weight excluding hydrogens is 248 g/mol. The summed E-state index contributed by atoms with van der Waals surface area (Å²) in [6.07, 6.45) is 0.307. The molecule has 0 radical (unpaired) electrons. The number of amides is 1. The maximum Gasteiger partial charge on any atom is 0.221 e. The molecule has 19 heavy (non-hydrogen) atoms. The molecule has 0 unspecified atom stereocenters. The molecule has 0 saturated heterocycles. The third-order valence-electron chi connectivity index (χ3n) is 2.69. The van der Waals surface area contributed by atoms with Gasteiger partial charge in [-0.25, -0.2) is 0 Å². The van der Waals surface area contributed by atoms with Crippen molar-refractivity contribution < 1.29 is 19.8 Å². The van der Waals surface area contributed by atoms with Crippen molar-refractivity contribution in [2.75, 3.05) is 27.2 Å². The van der Waals surface area contributed by atoms with E-state index in [9.17, 15) is 14.7 Å². The van der Waals surface area contributed by atoms with Crippen LogP contribution in [0.2, 0.25) is 0 Å². The number of aromatic hydroxyl groups is 2. The molecule has 0 aliphatic heterocycles. The number of hydrogen-bond acceptors (Lipinski definition) is 5. The molecule has 6 heteroatoms. The van der Waals surface area contributed by atoms with E-state index in [0.717, 1.165) is 6.07 Å². The summed E-state index contributed by atoms with van der Waals surface area (Å²) in [5.74, 6) is -0.699. The van der Waals surface area contributed by atoms with Crippen molar-refractivity contribution in [1.82, 2.24) is 10.2 Å². The molecule has 1 rings (SSSR count). The summed E-state index contributed by atoms with van der Waals surface area (Å²) in [4.78, 5) is 24.7. The molecule has 0 heterocycles. The molecule has 3 N–H and O–H groups in total. The first-order valence-electron chi connectivity index (χ1n) is 5.88. The highest BCUT2D eigenvalue weighted by Crippen LogP contribution is 2.22. The van der Waals surface area contributed by atoms with Gasteiger partial charge in [0.25, 0.3) is 0 Å². The summed E-state index contributed by atoms with van der Waals surface area (Å²) in [5.41, 5.74) is 0.157. The number of carbonyl (C=O) groups is 2. The second kappa shape index (κ2) is 6.75. The van der Waals surface area contributed by atoms with Crippen molar-refractivity contribution >= 4 is 11.7 Å². The first-order valence-corrected chi connectivity index (χ1v) is 5.88. The van der Waals surface area contributed by atoms with Gasteiger partial charge in [-0.05, 0) is 19.2 Å². The second-order valence-electron chi connectivity index (χ2n) is 4.29. The van der Waals surface area contributed by atoms with Gasteiger partial charge in [0.15, 0.2) is 5.78 Å². The Labute approximate surface area is 111 Å². The number of hydrogen-bond donors (Lipinski definition) is 3. The molecule has 1 amide bonds. The van der Waals surface area contributed by atoms with Crippen molar-refractivity contribution in [2.24, 2.45) is 0 Å². The number of nitrogens with zero attached hydrogens (tertiary/aromatic N) is 1. The summed E-state index contributed by atoms with van der Waals surface area (Å²) in [5, 5.41) is 21.2. The van der Waals surface area contributed by atoms with E-state index in [1.165, 1.54) is 12.1 Å². The molecule has 1 aromatic rings. The highest BCUT2D eigenvalue weighted by atomic mass is 16.3. The molecule has 0 spiro atoms. The van der Waals surface area contributed by atoms with Gasteiger partial charge in [-0.3, -0.25) is 14.5 Å². The molecule has 0 fully saturated rings. The van der Waals surface area contributed by atoms with Crippen LogP contribution in [-0.4, -0.2) is 54.0 Å². The van der Waals surface area contributed by atoms with Crippen LogP contribution in [0.25, 0.3) is 0 Å². The van der Waals surface area contributed by atoms with Gasteiger partial charge < -0.3 is 15.5 Å². The van der Waals surface area contributed by atoms with Gasteiger partial charge in [-0.2, -0.15) is 0 Å². The fourth-order valence-electron chi connectivity index (χ4n) is 1.58. The van der Waals surface area contributed by atoms with E-state index >= 15 is 0 Å². The fraction of sp³-hybridized carbons (Fsp3) is 0.385. The first kappa shape index (κ1) is 15.0. The average molecular weight is 266 g/mol. The number of ketones is 1. The van der Waals surface area contributed by atoms with Gasteiger partial charge in [0.2, 0.25) is 5.91 Å². The van der Waals surface area contributed by atoms with Crippen LogP contribution in [0.4, 0.5) is 0 Å². The third kappa shape index (κ3) is 4.59. The Balaban J connectivity index is 2.56. The van der Waals surface area contributed by atoms with Gasteiger partial charge in [-0.15, -0.1) is 0 Å². The van der Waals surface area contributed by atoms with Crippen molar-refractivity contribution in [3.63, 3.8) is 0 Å². The summed E-state index contributed by atoms with van der Waals surface area (Å²) in [6.45, 7) is 0.541. The smallest absolute Gasteiger partial charge is 0.221 e. The topological polar surface area (TPSA) is 89.9 Å². The monoisotopic (exact) mass is 266 g/mol. The molecule has 6 nitrogen and oxygen atoms in total. The van der Waals surface area contributed by atoms with Crippen molar-refractivity contribution in [2.45, 2.75) is 6.42 Å². The lowest BCUT2D eigenvalue weighted by Crippen LogP contribution is -2.30. The summed E-state index contributed by atoms with van der Waals surface area (Å²) >= 11 is 0. The molecule has 0 bridgehead atoms. The Bertz CT molecular complexity index is 474. The van der Waals surface area contributed by atoms with E-state index < -0.39 is 0 Å². The van der Waals surface area contributed by atoms with Crippen LogP contribution in [-0.2, 0) is 4.79 Å². The lowest BCUT2D eigenvalue weighted by atomic mass is 10.1. The van der Waals surface area contributed by atoms with E-state index in [-0.39, 0.29) is 35.3 Å². The predicted octanol–water partition coefficient (Wildman–Crippen LogP) is 0.348. The van der Waals surface area contributed by atoms with Gasteiger partial charge in [-0.1, -0.05) is 0 Å². The number of benzene rings is 1. The zero-order chi connectivity index (χ0) is 14.4. The Hall–Kier alpha value is -2.08. The summed E-state index contributed by atoms with van der Waals surface area (Å²) in [7, 11) is 3.28. The SMILES string of the molecule is CNC(=O)CCN(C)CC(=O)c1ccc(O)cc1O. The van der Waals surface area contributed by atoms with Crippen LogP contribution in [0.5, 0.6) is 11.5 Å². The number of likely N-dealkylation sites (N-methyl/N-ethyl adjacent to an activating group) is 1. The molecule has 0 atom stereocenters. The zero-order valence-electron chi connectivity index (χ0n) is 11.0. The Morgan fingerprint density at radius 1 is 1.32 bits per heavy atom. The van der Waals surface area contributed by atoms with E-state index in [0.29, 0.717) is 13.0 Å². The Morgan fingerprint density at radius 3 is 2.58 bits per heavy atom. The van der Waals surface area contributed by atoms with Crippen molar-refractivity contribution in [3.8, 4) is 11.5 Å². The number of phenols is 2. The van der Waals surface area contributed by atoms with Crippen LogP contribution in [0.3, 0.4) is 0 Å². The number of nitrogens with one attached hydrogen (secondary N) is 1. The molecule has 0 aliphatic rings. The van der Waals surface area contributed by atoms with Gasteiger partial charge in [0, 0.05) is 26.1 Å². The minimum atomic E-state index is -0.267. The fourth-order valence-corrected chi connectivity index (χ4v) is 1.58. The van der Waals surface area contributed by atoms with Crippen molar-refractivity contribution in [1.29, 1.82) is 0 Å². The van der Waals surface area contributed by atoms with E-state index in [1.54, 1.807) is 19.0 Å². The van der Waals surface area contributed by atoms with E-state index in [2.05, 4.69) is 5.32 Å². The first-order chi connectivity index (χ1) is 8.93. The van der Waals surface area contributed by atoms with Crippen LogP contribution >= 0.6 is 0 Å². The maximum atomic E-state index is 11.9. The lowest BCUT2D eigenvalue weighted by Gasteiger charge is -2.15. The van der Waals surface area contributed by atoms with Crippen molar-refractivity contribution in [3.05, 3.63) is 23.8 Å². The van der Waals surface area contributed by atoms with Gasteiger partial charge in [0.05, 0.1) is 12.1 Å². The lowest BCUT2D eigenvalue weighted by molar-refractivity contribution is -0.120. The molecular formula is C13H18N2O4. The van der Waals surface area contributed by atoms with E-state index in [1.807, 2.05) is 0 Å². The molecule has 0 aromatic heterocycles. The Morgan fingerprint density at radius 2 is 2.00 bits per heavy atom. The minimum absolute atomic E-state index is 0.0909. The highest BCUT2D eigenvalue weighted by Gasteiger charge is 2.14. The quantitative estimate of drug-likeness (QED) is 0.646. The highest BCUT2D eigenvalue weighted by molar-refractivity contribution is 6.00. The maximum absolute atomic E-state index is 11.9. The van der Waals surface area contributed by atoms with Crippen LogP contribution < -0.4 is 5.32 Å². The average Bonchev–Trinajstić information content (AvgIpc) is 2.35. The molecule has 1 aromatic carbocycles. The number of phenolic OH excluding ortho intramolecular Hbond substituents is 2. The summed E-state index contributed by atoms with van der Waals surface area (Å²) < 4.78 is 0. The minimum Gasteiger partial charge on any atom is -0.508 e. The number of rotatable bonds is 6. The zero-order valence-corrected chi connectivity index (χ0v) is 11.0. The standard InChI is InChI=1S/C13H18N2O4/c1-14-13(19)5-6-15(2)8-12(18)10-4-3-9(16)7-11(10)17/h3-4,7,16-17H,5-6,8H2,1-2H3,(H,14,19). The molecule has 0 aliphatic carbocycles. The second-order valence-corrected chi connectivity index (χ2v) is 4.29. The van der Waals surface area contributed by atoms with E-state index in [4.69, 9.17) is 5.11 Å². The molecule has 104 valence electrons.